The van der Waals surface area contributed by atoms with Gasteiger partial charge in [-0.05, 0) is 67.4 Å². The van der Waals surface area contributed by atoms with Crippen LogP contribution in [0.5, 0.6) is 0 Å². The van der Waals surface area contributed by atoms with E-state index < -0.39 is 0 Å². The average molecular weight is 342 g/mol. The van der Waals surface area contributed by atoms with Crippen molar-refractivity contribution in [3.05, 3.63) is 83.2 Å². The summed E-state index contributed by atoms with van der Waals surface area (Å²) in [6, 6.07) is 18.6. The number of nitriles is 1. The second-order valence-electron chi connectivity index (χ2n) is 6.02. The Bertz CT molecular complexity index is 988. The Morgan fingerprint density at radius 2 is 1.77 bits per heavy atom. The Hall–Kier alpha value is -3.65. The molecule has 1 amide bonds. The lowest BCUT2D eigenvalue weighted by Crippen LogP contribution is -2.14. The summed E-state index contributed by atoms with van der Waals surface area (Å²) < 4.78 is 0. The number of nitrogens with one attached hydrogen (secondary N) is 2. The molecule has 1 heterocycles. The van der Waals surface area contributed by atoms with Crippen molar-refractivity contribution >= 4 is 23.0 Å². The first-order valence-corrected chi connectivity index (χ1v) is 8.17. The van der Waals surface area contributed by atoms with Crippen molar-refractivity contribution in [1.29, 1.82) is 5.26 Å². The third-order valence-corrected chi connectivity index (χ3v) is 3.94. The Morgan fingerprint density at radius 1 is 1.00 bits per heavy atom. The average Bonchev–Trinajstić information content (AvgIpc) is 2.65. The van der Waals surface area contributed by atoms with E-state index >= 15 is 0 Å². The minimum atomic E-state index is -0.262. The normalized spacial score (nSPS) is 10.0. The first kappa shape index (κ1) is 17.2. The molecule has 1 aromatic heterocycles. The van der Waals surface area contributed by atoms with Crippen LogP contribution in [-0.2, 0) is 0 Å². The summed E-state index contributed by atoms with van der Waals surface area (Å²) in [5.74, 6) is -0.262. The SMILES string of the molecule is Cc1ccc(C)c(NC(=O)c2cc(Nc3ccc(C#N)cc3)ccn2)c1. The van der Waals surface area contributed by atoms with Crippen LogP contribution in [0.15, 0.2) is 60.8 Å². The fraction of sp³-hybridized carbons (Fsp3) is 0.0952. The van der Waals surface area contributed by atoms with Gasteiger partial charge in [-0.2, -0.15) is 5.26 Å². The van der Waals surface area contributed by atoms with E-state index in [-0.39, 0.29) is 5.91 Å². The number of nitrogens with zero attached hydrogens (tertiary/aromatic N) is 2. The first-order chi connectivity index (χ1) is 12.5. The van der Waals surface area contributed by atoms with Crippen LogP contribution in [-0.4, -0.2) is 10.9 Å². The van der Waals surface area contributed by atoms with Gasteiger partial charge in [0.1, 0.15) is 5.69 Å². The molecule has 0 atom stereocenters. The highest BCUT2D eigenvalue weighted by Crippen LogP contribution is 2.20. The molecule has 0 saturated heterocycles. The lowest BCUT2D eigenvalue weighted by atomic mass is 10.1. The van der Waals surface area contributed by atoms with Gasteiger partial charge in [-0.25, -0.2) is 0 Å². The zero-order valence-corrected chi connectivity index (χ0v) is 14.6. The third-order valence-electron chi connectivity index (χ3n) is 3.94. The standard InChI is InChI=1S/C21H18N4O/c1-14-3-4-15(2)19(11-14)25-21(26)20-12-18(9-10-23-20)24-17-7-5-16(13-22)6-8-17/h3-12H,1-2H3,(H,23,24)(H,25,26). The molecule has 26 heavy (non-hydrogen) atoms. The van der Waals surface area contributed by atoms with Gasteiger partial charge in [-0.1, -0.05) is 12.1 Å². The minimum absolute atomic E-state index is 0.262. The number of anilines is 3. The maximum absolute atomic E-state index is 12.5. The van der Waals surface area contributed by atoms with Crippen LogP contribution in [0.3, 0.4) is 0 Å². The zero-order valence-electron chi connectivity index (χ0n) is 14.6. The number of hydrogen-bond donors (Lipinski definition) is 2. The fourth-order valence-corrected chi connectivity index (χ4v) is 2.48. The van der Waals surface area contributed by atoms with E-state index in [1.165, 1.54) is 0 Å². The van der Waals surface area contributed by atoms with E-state index in [1.807, 2.05) is 44.2 Å². The lowest BCUT2D eigenvalue weighted by Gasteiger charge is -2.10. The van der Waals surface area contributed by atoms with E-state index in [4.69, 9.17) is 5.26 Å². The number of carbonyl (C=O) groups excluding carboxylic acids is 1. The molecule has 5 nitrogen and oxygen atoms in total. The number of aryl methyl sites for hydroxylation is 2. The van der Waals surface area contributed by atoms with Crippen molar-refractivity contribution in [2.75, 3.05) is 10.6 Å². The topological polar surface area (TPSA) is 77.8 Å². The highest BCUT2D eigenvalue weighted by Gasteiger charge is 2.10. The molecule has 128 valence electrons. The quantitative estimate of drug-likeness (QED) is 0.728. The number of carbonyl (C=O) groups is 1. The Kier molecular flexibility index (Phi) is 4.95. The molecule has 2 aromatic carbocycles. The van der Waals surface area contributed by atoms with E-state index in [2.05, 4.69) is 21.7 Å². The van der Waals surface area contributed by atoms with Gasteiger partial charge in [-0.3, -0.25) is 9.78 Å². The smallest absolute Gasteiger partial charge is 0.274 e. The number of rotatable bonds is 4. The van der Waals surface area contributed by atoms with E-state index in [0.717, 1.165) is 28.2 Å². The molecular formula is C21H18N4O. The van der Waals surface area contributed by atoms with Gasteiger partial charge in [-0.15, -0.1) is 0 Å². The molecule has 5 heteroatoms. The predicted octanol–water partition coefficient (Wildman–Crippen LogP) is 4.57. The number of pyridine rings is 1. The molecule has 0 aliphatic rings. The summed E-state index contributed by atoms with van der Waals surface area (Å²) in [6.45, 7) is 3.93. The maximum Gasteiger partial charge on any atom is 0.274 e. The Balaban J connectivity index is 1.76. The van der Waals surface area contributed by atoms with Crippen LogP contribution in [0.2, 0.25) is 0 Å². The number of aromatic nitrogens is 1. The van der Waals surface area contributed by atoms with Crippen LogP contribution in [0, 0.1) is 25.2 Å². The van der Waals surface area contributed by atoms with Gasteiger partial charge in [0, 0.05) is 23.3 Å². The molecule has 3 aromatic rings. The number of hydrogen-bond acceptors (Lipinski definition) is 4. The van der Waals surface area contributed by atoms with Gasteiger partial charge < -0.3 is 10.6 Å². The van der Waals surface area contributed by atoms with Crippen molar-refractivity contribution in [3.63, 3.8) is 0 Å². The first-order valence-electron chi connectivity index (χ1n) is 8.17. The van der Waals surface area contributed by atoms with Gasteiger partial charge in [0.25, 0.3) is 5.91 Å². The summed E-state index contributed by atoms with van der Waals surface area (Å²) in [6.07, 6.45) is 1.59. The highest BCUT2D eigenvalue weighted by molar-refractivity contribution is 6.03. The van der Waals surface area contributed by atoms with Crippen molar-refractivity contribution in [2.24, 2.45) is 0 Å². The molecule has 0 aliphatic carbocycles. The third kappa shape index (κ3) is 4.05. The fourth-order valence-electron chi connectivity index (χ4n) is 2.48. The Labute approximate surface area is 152 Å². The molecule has 0 fully saturated rings. The molecule has 0 saturated carbocycles. The second kappa shape index (κ2) is 7.49. The highest BCUT2D eigenvalue weighted by atomic mass is 16.1. The van der Waals surface area contributed by atoms with Crippen molar-refractivity contribution < 1.29 is 4.79 Å². The monoisotopic (exact) mass is 342 g/mol. The summed E-state index contributed by atoms with van der Waals surface area (Å²) >= 11 is 0. The molecule has 0 unspecified atom stereocenters. The number of amides is 1. The van der Waals surface area contributed by atoms with Crippen LogP contribution in [0.1, 0.15) is 27.2 Å². The zero-order chi connectivity index (χ0) is 18.5. The predicted molar refractivity (Wildman–Crippen MR) is 103 cm³/mol. The lowest BCUT2D eigenvalue weighted by molar-refractivity contribution is 0.102. The van der Waals surface area contributed by atoms with Crippen LogP contribution < -0.4 is 10.6 Å². The summed E-state index contributed by atoms with van der Waals surface area (Å²) in [5, 5.41) is 15.0. The minimum Gasteiger partial charge on any atom is -0.355 e. The summed E-state index contributed by atoms with van der Waals surface area (Å²) in [4.78, 5) is 16.7. The molecular weight excluding hydrogens is 324 g/mol. The van der Waals surface area contributed by atoms with Crippen LogP contribution >= 0.6 is 0 Å². The maximum atomic E-state index is 12.5. The number of benzene rings is 2. The van der Waals surface area contributed by atoms with E-state index in [1.54, 1.807) is 30.5 Å². The summed E-state index contributed by atoms with van der Waals surface area (Å²) in [7, 11) is 0. The molecule has 0 radical (unpaired) electrons. The Morgan fingerprint density at radius 3 is 2.50 bits per heavy atom. The van der Waals surface area contributed by atoms with Crippen molar-refractivity contribution in [2.45, 2.75) is 13.8 Å². The van der Waals surface area contributed by atoms with Crippen molar-refractivity contribution in [3.8, 4) is 6.07 Å². The van der Waals surface area contributed by atoms with Gasteiger partial charge in [0.15, 0.2) is 0 Å². The summed E-state index contributed by atoms with van der Waals surface area (Å²) in [5.41, 5.74) is 5.35. The molecule has 2 N–H and O–H groups in total. The van der Waals surface area contributed by atoms with Crippen molar-refractivity contribution in [1.82, 2.24) is 4.98 Å². The van der Waals surface area contributed by atoms with Crippen LogP contribution in [0.4, 0.5) is 17.1 Å². The molecule has 3 rings (SSSR count). The van der Waals surface area contributed by atoms with Gasteiger partial charge in [0.2, 0.25) is 0 Å². The van der Waals surface area contributed by atoms with E-state index in [9.17, 15) is 4.79 Å². The van der Waals surface area contributed by atoms with Gasteiger partial charge >= 0.3 is 0 Å². The van der Waals surface area contributed by atoms with E-state index in [0.29, 0.717) is 11.3 Å². The largest absolute Gasteiger partial charge is 0.355 e. The van der Waals surface area contributed by atoms with Gasteiger partial charge in [0.05, 0.1) is 11.6 Å². The molecule has 0 aliphatic heterocycles. The second-order valence-corrected chi connectivity index (χ2v) is 6.02. The molecule has 0 spiro atoms. The van der Waals surface area contributed by atoms with Crippen LogP contribution in [0.25, 0.3) is 0 Å². The molecule has 0 bridgehead atoms.